The molecule has 0 aliphatic carbocycles. The van der Waals surface area contributed by atoms with Crippen LogP contribution in [-0.4, -0.2) is 68.6 Å². The maximum Gasteiger partial charge on any atom is 0.261 e. The molecule has 1 aliphatic heterocycles. The van der Waals surface area contributed by atoms with Gasteiger partial charge in [0.1, 0.15) is 5.75 Å². The first-order chi connectivity index (χ1) is 19.7. The van der Waals surface area contributed by atoms with Crippen molar-refractivity contribution in [1.29, 1.82) is 0 Å². The first-order valence-electron chi connectivity index (χ1n) is 13.9. The van der Waals surface area contributed by atoms with Crippen LogP contribution >= 0.6 is 11.6 Å². The molecule has 3 aromatic rings. The molecule has 0 bridgehead atoms. The number of aliphatic hydroxyl groups excluding tert-OH is 1. The van der Waals surface area contributed by atoms with Gasteiger partial charge in [-0.05, 0) is 66.4 Å². The van der Waals surface area contributed by atoms with Crippen LogP contribution in [0, 0.1) is 0 Å². The zero-order valence-corrected chi connectivity index (χ0v) is 25.1. The molecule has 0 saturated carbocycles. The molecule has 0 aromatic heterocycles. The summed E-state index contributed by atoms with van der Waals surface area (Å²) in [6.45, 7) is 4.55. The fourth-order valence-electron chi connectivity index (χ4n) is 4.87. The van der Waals surface area contributed by atoms with E-state index in [0.717, 1.165) is 24.9 Å². The largest absolute Gasteiger partial charge is 0.494 e. The number of benzene rings is 3. The maximum absolute atomic E-state index is 13.6. The smallest absolute Gasteiger partial charge is 0.261 e. The summed E-state index contributed by atoms with van der Waals surface area (Å²) in [5.41, 5.74) is 1.75. The molecule has 0 radical (unpaired) electrons. The number of likely N-dealkylation sites (tertiary alicyclic amines) is 1. The number of rotatable bonds is 13. The third-order valence-corrected chi connectivity index (χ3v) is 8.89. The van der Waals surface area contributed by atoms with E-state index in [4.69, 9.17) is 16.3 Å². The molecular formula is C31H38ClN3O5S. The minimum absolute atomic E-state index is 0.0505. The van der Waals surface area contributed by atoms with Crippen molar-refractivity contribution in [1.82, 2.24) is 9.80 Å². The minimum atomic E-state index is -3.93. The summed E-state index contributed by atoms with van der Waals surface area (Å²) in [4.78, 5) is 17.6. The predicted molar refractivity (Wildman–Crippen MR) is 162 cm³/mol. The van der Waals surface area contributed by atoms with Crippen LogP contribution in [0.2, 0.25) is 5.02 Å². The van der Waals surface area contributed by atoms with Crippen molar-refractivity contribution in [2.24, 2.45) is 0 Å². The number of nitrogens with zero attached hydrogens (tertiary/aromatic N) is 2. The number of halogens is 1. The van der Waals surface area contributed by atoms with E-state index in [0.29, 0.717) is 48.1 Å². The molecular weight excluding hydrogens is 562 g/mol. The fourth-order valence-corrected chi connectivity index (χ4v) is 6.17. The Morgan fingerprint density at radius 1 is 1.15 bits per heavy atom. The molecule has 1 fully saturated rings. The molecule has 4 rings (SSSR count). The van der Waals surface area contributed by atoms with Gasteiger partial charge in [0.05, 0.1) is 35.8 Å². The molecule has 0 spiro atoms. The van der Waals surface area contributed by atoms with Crippen LogP contribution in [0.15, 0.2) is 77.7 Å². The SMILES string of the molecule is CCCCOc1ccc(S(=O)(=O)Nc2ccc(Cl)cc2CC(=O)N(C)[C@H](CN2CC[C@H](O)C2)c2ccccc2)cc1. The number of β-amino-alcohol motifs (C(OH)–C–C–N with tert-alkyl or cyclic N) is 1. The van der Waals surface area contributed by atoms with Crippen LogP contribution in [0.1, 0.15) is 43.4 Å². The lowest BCUT2D eigenvalue weighted by Crippen LogP contribution is -2.39. The van der Waals surface area contributed by atoms with E-state index < -0.39 is 10.0 Å². The second kappa shape index (κ2) is 14.2. The number of amides is 1. The van der Waals surface area contributed by atoms with Gasteiger partial charge in [0.25, 0.3) is 10.0 Å². The molecule has 2 atom stereocenters. The Balaban J connectivity index is 1.51. The molecule has 1 heterocycles. The zero-order chi connectivity index (χ0) is 29.4. The van der Waals surface area contributed by atoms with Gasteiger partial charge in [-0.3, -0.25) is 14.4 Å². The normalized spacial score (nSPS) is 16.3. The molecule has 1 saturated heterocycles. The number of aliphatic hydroxyl groups is 1. The molecule has 10 heteroatoms. The number of nitrogens with one attached hydrogen (secondary N) is 1. The van der Waals surface area contributed by atoms with Gasteiger partial charge in [0, 0.05) is 31.7 Å². The van der Waals surface area contributed by atoms with Gasteiger partial charge in [-0.2, -0.15) is 0 Å². The van der Waals surface area contributed by atoms with Crippen molar-refractivity contribution in [2.45, 2.75) is 49.6 Å². The van der Waals surface area contributed by atoms with E-state index in [1.807, 2.05) is 30.3 Å². The van der Waals surface area contributed by atoms with Gasteiger partial charge < -0.3 is 14.7 Å². The van der Waals surface area contributed by atoms with Gasteiger partial charge in [-0.25, -0.2) is 8.42 Å². The molecule has 1 aliphatic rings. The van der Waals surface area contributed by atoms with Gasteiger partial charge in [-0.1, -0.05) is 55.3 Å². The van der Waals surface area contributed by atoms with E-state index in [1.54, 1.807) is 42.3 Å². The van der Waals surface area contributed by atoms with Crippen molar-refractivity contribution in [3.05, 3.63) is 88.9 Å². The molecule has 2 N–H and O–H groups in total. The molecule has 1 amide bonds. The highest BCUT2D eigenvalue weighted by molar-refractivity contribution is 7.92. The van der Waals surface area contributed by atoms with E-state index in [-0.39, 0.29) is 29.4 Å². The van der Waals surface area contributed by atoms with Gasteiger partial charge >= 0.3 is 0 Å². The van der Waals surface area contributed by atoms with Crippen LogP contribution < -0.4 is 9.46 Å². The second-order valence-corrected chi connectivity index (χ2v) is 12.5. The number of sulfonamides is 1. The molecule has 3 aromatic carbocycles. The van der Waals surface area contributed by atoms with Crippen molar-refractivity contribution in [3.63, 3.8) is 0 Å². The Bertz CT molecular complexity index is 1400. The quantitative estimate of drug-likeness (QED) is 0.264. The number of ether oxygens (including phenoxy) is 1. The predicted octanol–water partition coefficient (Wildman–Crippen LogP) is 5.13. The molecule has 41 heavy (non-hydrogen) atoms. The third kappa shape index (κ3) is 8.45. The van der Waals surface area contributed by atoms with Gasteiger partial charge in [-0.15, -0.1) is 0 Å². The second-order valence-electron chi connectivity index (χ2n) is 10.4. The Morgan fingerprint density at radius 2 is 1.88 bits per heavy atom. The fraction of sp³-hybridized carbons (Fsp3) is 0.387. The van der Waals surface area contributed by atoms with Crippen LogP contribution in [0.5, 0.6) is 5.75 Å². The summed E-state index contributed by atoms with van der Waals surface area (Å²) < 4.78 is 34.8. The highest BCUT2D eigenvalue weighted by Gasteiger charge is 2.28. The lowest BCUT2D eigenvalue weighted by atomic mass is 10.0. The van der Waals surface area contributed by atoms with Crippen LogP contribution in [0.3, 0.4) is 0 Å². The van der Waals surface area contributed by atoms with Gasteiger partial charge in [0.2, 0.25) is 5.91 Å². The van der Waals surface area contributed by atoms with Crippen molar-refractivity contribution >= 4 is 33.2 Å². The van der Waals surface area contributed by atoms with E-state index in [1.165, 1.54) is 12.1 Å². The standard InChI is InChI=1S/C31H38ClN3O5S/c1-3-4-18-40-27-11-13-28(14-12-27)41(38,39)33-29-15-10-25(32)19-24(29)20-31(37)34(2)30(23-8-6-5-7-9-23)22-35-17-16-26(36)21-35/h5-15,19,26,30,33,36H,3-4,16-18,20-22H2,1-2H3/t26-,30+/m0/s1. The van der Waals surface area contributed by atoms with E-state index in [2.05, 4.69) is 16.5 Å². The first kappa shape index (κ1) is 30.8. The average Bonchev–Trinajstić information content (AvgIpc) is 3.38. The average molecular weight is 600 g/mol. The van der Waals surface area contributed by atoms with E-state index in [9.17, 15) is 18.3 Å². The number of carbonyl (C=O) groups excluding carboxylic acids is 1. The Hall–Kier alpha value is -3.11. The number of likely N-dealkylation sites (N-methyl/N-ethyl adjacent to an activating group) is 1. The Morgan fingerprint density at radius 3 is 2.54 bits per heavy atom. The zero-order valence-electron chi connectivity index (χ0n) is 23.5. The highest BCUT2D eigenvalue weighted by Crippen LogP contribution is 2.28. The number of hydrogen-bond donors (Lipinski definition) is 2. The summed E-state index contributed by atoms with van der Waals surface area (Å²) in [6, 6.07) is 20.6. The Labute approximate surface area is 247 Å². The third-order valence-electron chi connectivity index (χ3n) is 7.28. The summed E-state index contributed by atoms with van der Waals surface area (Å²) >= 11 is 6.28. The minimum Gasteiger partial charge on any atom is -0.494 e. The summed E-state index contributed by atoms with van der Waals surface area (Å²) in [5.74, 6) is 0.421. The summed E-state index contributed by atoms with van der Waals surface area (Å²) in [6.07, 6.45) is 2.22. The van der Waals surface area contributed by atoms with Crippen molar-refractivity contribution in [2.75, 3.05) is 38.0 Å². The van der Waals surface area contributed by atoms with Crippen molar-refractivity contribution in [3.8, 4) is 5.75 Å². The topological polar surface area (TPSA) is 99.2 Å². The lowest BCUT2D eigenvalue weighted by Gasteiger charge is -2.32. The van der Waals surface area contributed by atoms with Crippen LogP contribution in [-0.2, 0) is 21.2 Å². The van der Waals surface area contributed by atoms with Crippen LogP contribution in [0.25, 0.3) is 0 Å². The lowest BCUT2D eigenvalue weighted by molar-refractivity contribution is -0.131. The number of hydrogen-bond acceptors (Lipinski definition) is 6. The monoisotopic (exact) mass is 599 g/mol. The van der Waals surface area contributed by atoms with E-state index >= 15 is 0 Å². The maximum atomic E-state index is 13.6. The molecule has 0 unspecified atom stereocenters. The van der Waals surface area contributed by atoms with Gasteiger partial charge in [0.15, 0.2) is 0 Å². The number of carbonyl (C=O) groups is 1. The molecule has 220 valence electrons. The summed E-state index contributed by atoms with van der Waals surface area (Å²) in [5, 5.41) is 10.4. The highest BCUT2D eigenvalue weighted by atomic mass is 35.5. The number of unbranched alkanes of at least 4 members (excludes halogenated alkanes) is 1. The summed E-state index contributed by atoms with van der Waals surface area (Å²) in [7, 11) is -2.18. The molecule has 8 nitrogen and oxygen atoms in total. The van der Waals surface area contributed by atoms with Crippen LogP contribution in [0.4, 0.5) is 5.69 Å². The first-order valence-corrected chi connectivity index (χ1v) is 15.8. The Kier molecular flexibility index (Phi) is 10.7. The number of anilines is 1. The van der Waals surface area contributed by atoms with Crippen molar-refractivity contribution < 1.29 is 23.1 Å².